The summed E-state index contributed by atoms with van der Waals surface area (Å²) in [7, 11) is 0. The molecule has 0 atom stereocenters. The van der Waals surface area contributed by atoms with Gasteiger partial charge in [0.1, 0.15) is 18.2 Å². The van der Waals surface area contributed by atoms with Crippen molar-refractivity contribution < 1.29 is 19.0 Å². The standard InChI is InChI=1S/C30H30FNO3/c1-18(2)29-28(21-14-22(15-21)30(33)34)25-16-24(35-17-20-7-5-4-6-8-20)10-12-27(25)32(29)23-9-11-26(31)19(3)13-23/h4-13,16,18,21-22H,14-15,17H2,1-3H3,(H,33,34). The second-order valence-corrected chi connectivity index (χ2v) is 9.88. The highest BCUT2D eigenvalue weighted by Crippen LogP contribution is 2.49. The quantitative estimate of drug-likeness (QED) is 0.306. The van der Waals surface area contributed by atoms with Gasteiger partial charge in [-0.3, -0.25) is 4.79 Å². The molecule has 1 saturated carbocycles. The number of benzene rings is 3. The summed E-state index contributed by atoms with van der Waals surface area (Å²) in [6.45, 7) is 6.57. The maximum atomic E-state index is 14.1. The first-order valence-corrected chi connectivity index (χ1v) is 12.2. The van der Waals surface area contributed by atoms with Crippen LogP contribution in [0.4, 0.5) is 4.39 Å². The molecule has 3 aromatic carbocycles. The zero-order chi connectivity index (χ0) is 24.7. The van der Waals surface area contributed by atoms with Gasteiger partial charge in [0.2, 0.25) is 0 Å². The van der Waals surface area contributed by atoms with Crippen LogP contribution in [0.15, 0.2) is 66.7 Å². The average Bonchev–Trinajstić information content (AvgIpc) is 3.13. The van der Waals surface area contributed by atoms with Crippen molar-refractivity contribution in [1.29, 1.82) is 0 Å². The van der Waals surface area contributed by atoms with Gasteiger partial charge in [0.15, 0.2) is 0 Å². The minimum absolute atomic E-state index is 0.170. The fourth-order valence-corrected chi connectivity index (χ4v) is 5.24. The third-order valence-corrected chi connectivity index (χ3v) is 7.11. The molecule has 1 aromatic heterocycles. The molecule has 1 aliphatic carbocycles. The van der Waals surface area contributed by atoms with E-state index in [1.54, 1.807) is 6.92 Å². The minimum Gasteiger partial charge on any atom is -0.489 e. The van der Waals surface area contributed by atoms with Crippen LogP contribution in [0.1, 0.15) is 60.9 Å². The number of halogens is 1. The fourth-order valence-electron chi connectivity index (χ4n) is 5.24. The van der Waals surface area contributed by atoms with E-state index in [1.165, 1.54) is 11.6 Å². The molecule has 0 saturated heterocycles. The Hall–Kier alpha value is -3.60. The van der Waals surface area contributed by atoms with Crippen LogP contribution in [0.5, 0.6) is 5.75 Å². The molecular formula is C30H30FNO3. The lowest BCUT2D eigenvalue weighted by Crippen LogP contribution is -2.29. The van der Waals surface area contributed by atoms with Gasteiger partial charge in [-0.15, -0.1) is 0 Å². The Labute approximate surface area is 205 Å². The monoisotopic (exact) mass is 471 g/mol. The third kappa shape index (κ3) is 4.31. The number of carboxylic acid groups (broad SMARTS) is 1. The number of fused-ring (bicyclic) bond motifs is 1. The van der Waals surface area contributed by atoms with E-state index in [0.717, 1.165) is 33.6 Å². The Morgan fingerprint density at radius 2 is 1.83 bits per heavy atom. The first-order valence-electron chi connectivity index (χ1n) is 12.2. The van der Waals surface area contributed by atoms with Crippen molar-refractivity contribution in [2.45, 2.75) is 52.1 Å². The van der Waals surface area contributed by atoms with Gasteiger partial charge in [0.25, 0.3) is 0 Å². The second-order valence-electron chi connectivity index (χ2n) is 9.88. The highest BCUT2D eigenvalue weighted by Gasteiger charge is 2.39. The molecule has 4 aromatic rings. The molecule has 35 heavy (non-hydrogen) atoms. The van der Waals surface area contributed by atoms with E-state index in [0.29, 0.717) is 25.0 Å². The van der Waals surface area contributed by atoms with Crippen LogP contribution in [-0.2, 0) is 11.4 Å². The van der Waals surface area contributed by atoms with Crippen LogP contribution in [0.2, 0.25) is 0 Å². The smallest absolute Gasteiger partial charge is 0.306 e. The SMILES string of the molecule is Cc1cc(-n2c(C(C)C)c(C3CC(C(=O)O)C3)c3cc(OCc4ccccc4)ccc32)ccc1F. The predicted molar refractivity (Wildman–Crippen MR) is 136 cm³/mol. The van der Waals surface area contributed by atoms with Crippen LogP contribution in [0.3, 0.4) is 0 Å². The second kappa shape index (κ2) is 9.21. The molecule has 1 fully saturated rings. The number of ether oxygens (including phenoxy) is 1. The molecule has 5 heteroatoms. The Bertz CT molecular complexity index is 1380. The number of carbonyl (C=O) groups is 1. The number of rotatable bonds is 7. The summed E-state index contributed by atoms with van der Waals surface area (Å²) < 4.78 is 22.5. The van der Waals surface area contributed by atoms with E-state index in [4.69, 9.17) is 4.74 Å². The third-order valence-electron chi connectivity index (χ3n) is 7.11. The fraction of sp³-hybridized carbons (Fsp3) is 0.300. The lowest BCUT2D eigenvalue weighted by atomic mass is 9.70. The molecule has 180 valence electrons. The summed E-state index contributed by atoms with van der Waals surface area (Å²) >= 11 is 0. The zero-order valence-electron chi connectivity index (χ0n) is 20.3. The van der Waals surface area contributed by atoms with E-state index in [1.807, 2.05) is 48.5 Å². The van der Waals surface area contributed by atoms with Gasteiger partial charge in [0.05, 0.1) is 11.4 Å². The van der Waals surface area contributed by atoms with Gasteiger partial charge in [-0.25, -0.2) is 4.39 Å². The number of carboxylic acids is 1. The molecule has 0 aliphatic heterocycles. The largest absolute Gasteiger partial charge is 0.489 e. The summed E-state index contributed by atoms with van der Waals surface area (Å²) in [5.74, 6) is -0.111. The van der Waals surface area contributed by atoms with Gasteiger partial charge in [0, 0.05) is 16.8 Å². The predicted octanol–water partition coefficient (Wildman–Crippen LogP) is 7.36. The molecule has 1 aliphatic rings. The van der Waals surface area contributed by atoms with Crippen LogP contribution in [0, 0.1) is 18.7 Å². The summed E-state index contributed by atoms with van der Waals surface area (Å²) in [6, 6.07) is 21.4. The first kappa shape index (κ1) is 23.2. The number of aromatic nitrogens is 1. The van der Waals surface area contributed by atoms with Gasteiger partial charge in [-0.1, -0.05) is 44.2 Å². The van der Waals surface area contributed by atoms with E-state index < -0.39 is 5.97 Å². The molecule has 5 rings (SSSR count). The lowest BCUT2D eigenvalue weighted by Gasteiger charge is -2.34. The van der Waals surface area contributed by atoms with Crippen molar-refractivity contribution in [1.82, 2.24) is 4.57 Å². The Kier molecular flexibility index (Phi) is 6.10. The maximum Gasteiger partial charge on any atom is 0.306 e. The van der Waals surface area contributed by atoms with Crippen LogP contribution in [-0.4, -0.2) is 15.6 Å². The zero-order valence-corrected chi connectivity index (χ0v) is 20.3. The summed E-state index contributed by atoms with van der Waals surface area (Å²) in [5, 5.41) is 10.6. The topological polar surface area (TPSA) is 51.5 Å². The van der Waals surface area contributed by atoms with Gasteiger partial charge in [-0.2, -0.15) is 0 Å². The van der Waals surface area contributed by atoms with E-state index in [9.17, 15) is 14.3 Å². The van der Waals surface area contributed by atoms with Crippen molar-refractivity contribution in [2.75, 3.05) is 0 Å². The molecule has 0 radical (unpaired) electrons. The number of hydrogen-bond donors (Lipinski definition) is 1. The first-order chi connectivity index (χ1) is 16.8. The number of aliphatic carboxylic acids is 1. The summed E-state index contributed by atoms with van der Waals surface area (Å²) in [5.41, 5.74) is 5.98. The van der Waals surface area contributed by atoms with Crippen molar-refractivity contribution in [3.63, 3.8) is 0 Å². The molecule has 4 nitrogen and oxygen atoms in total. The minimum atomic E-state index is -0.725. The molecule has 0 bridgehead atoms. The maximum absolute atomic E-state index is 14.1. The molecule has 1 N–H and O–H groups in total. The van der Waals surface area contributed by atoms with Crippen molar-refractivity contribution in [3.8, 4) is 11.4 Å². The highest BCUT2D eigenvalue weighted by molar-refractivity contribution is 5.90. The van der Waals surface area contributed by atoms with E-state index in [-0.39, 0.29) is 23.6 Å². The van der Waals surface area contributed by atoms with Crippen LogP contribution < -0.4 is 4.74 Å². The average molecular weight is 472 g/mol. The molecular weight excluding hydrogens is 441 g/mol. The highest BCUT2D eigenvalue weighted by atomic mass is 19.1. The molecule has 1 heterocycles. The Morgan fingerprint density at radius 3 is 2.49 bits per heavy atom. The van der Waals surface area contributed by atoms with E-state index >= 15 is 0 Å². The Balaban J connectivity index is 1.64. The Morgan fingerprint density at radius 1 is 1.09 bits per heavy atom. The van der Waals surface area contributed by atoms with Crippen molar-refractivity contribution >= 4 is 16.9 Å². The van der Waals surface area contributed by atoms with Crippen LogP contribution in [0.25, 0.3) is 16.6 Å². The lowest BCUT2D eigenvalue weighted by molar-refractivity contribution is -0.145. The molecule has 0 unspecified atom stereocenters. The van der Waals surface area contributed by atoms with E-state index in [2.05, 4.69) is 30.5 Å². The summed E-state index contributed by atoms with van der Waals surface area (Å²) in [4.78, 5) is 11.6. The molecule has 0 amide bonds. The normalized spacial score (nSPS) is 17.5. The van der Waals surface area contributed by atoms with Crippen molar-refractivity contribution in [3.05, 3.63) is 94.9 Å². The molecule has 0 spiro atoms. The van der Waals surface area contributed by atoms with Gasteiger partial charge in [-0.05, 0) is 84.7 Å². The van der Waals surface area contributed by atoms with Crippen molar-refractivity contribution in [2.24, 2.45) is 5.92 Å². The van der Waals surface area contributed by atoms with Crippen LogP contribution >= 0.6 is 0 Å². The number of nitrogens with zero attached hydrogens (tertiary/aromatic N) is 1. The van der Waals surface area contributed by atoms with Gasteiger partial charge < -0.3 is 14.4 Å². The summed E-state index contributed by atoms with van der Waals surface area (Å²) in [6.07, 6.45) is 1.26. The van der Waals surface area contributed by atoms with Gasteiger partial charge >= 0.3 is 5.97 Å². The number of aryl methyl sites for hydroxylation is 1. The number of hydrogen-bond acceptors (Lipinski definition) is 2.